The van der Waals surface area contributed by atoms with Crippen LogP contribution >= 0.6 is 0 Å². The van der Waals surface area contributed by atoms with Gasteiger partial charge in [0, 0.05) is 38.4 Å². The lowest BCUT2D eigenvalue weighted by Crippen LogP contribution is -2.49. The van der Waals surface area contributed by atoms with E-state index >= 15 is 0 Å². The Morgan fingerprint density at radius 3 is 2.91 bits per heavy atom. The molecule has 3 heterocycles. The van der Waals surface area contributed by atoms with Crippen molar-refractivity contribution in [2.24, 2.45) is 21.8 Å². The summed E-state index contributed by atoms with van der Waals surface area (Å²) in [6.07, 6.45) is 6.22. The zero-order valence-corrected chi connectivity index (χ0v) is 12.6. The molecule has 0 aromatic heterocycles. The Labute approximate surface area is 133 Å². The standard InChI is InChI=1S/C15H18N4O4/c20-13(10-3-8-23-9-4-10)17-6-7-19-14(21)11-2-1-5-16-12(11)18-15(19)22/h1-2,5,10-11H,3-4,6-9H2,(H,17,20). The van der Waals surface area contributed by atoms with Crippen molar-refractivity contribution in [3.05, 3.63) is 12.2 Å². The third kappa shape index (κ3) is 3.37. The Kier molecular flexibility index (Phi) is 4.61. The van der Waals surface area contributed by atoms with Crippen molar-refractivity contribution in [2.45, 2.75) is 12.8 Å². The topological polar surface area (TPSA) is 100 Å². The number of aliphatic imine (C=N–C) groups is 2. The summed E-state index contributed by atoms with van der Waals surface area (Å²) in [4.78, 5) is 45.1. The maximum atomic E-state index is 12.3. The Bertz CT molecular complexity index is 605. The Morgan fingerprint density at radius 2 is 2.13 bits per heavy atom. The Hall–Kier alpha value is -2.35. The van der Waals surface area contributed by atoms with Crippen LogP contribution in [-0.4, -0.2) is 61.1 Å². The fourth-order valence-corrected chi connectivity index (χ4v) is 2.76. The number of ether oxygens (including phenoxy) is 1. The van der Waals surface area contributed by atoms with E-state index in [9.17, 15) is 14.4 Å². The van der Waals surface area contributed by atoms with Crippen LogP contribution in [0.3, 0.4) is 0 Å². The number of allylic oxidation sites excluding steroid dienone is 1. The number of urea groups is 1. The van der Waals surface area contributed by atoms with E-state index in [0.29, 0.717) is 26.1 Å². The van der Waals surface area contributed by atoms with Gasteiger partial charge < -0.3 is 10.1 Å². The van der Waals surface area contributed by atoms with Gasteiger partial charge in [-0.25, -0.2) is 9.79 Å². The molecule has 0 spiro atoms. The molecule has 1 fully saturated rings. The summed E-state index contributed by atoms with van der Waals surface area (Å²) in [5.74, 6) is -0.851. The molecule has 0 aromatic rings. The van der Waals surface area contributed by atoms with Crippen LogP contribution in [0.1, 0.15) is 12.8 Å². The van der Waals surface area contributed by atoms with Gasteiger partial charge in [-0.05, 0) is 18.9 Å². The minimum atomic E-state index is -0.631. The first-order chi connectivity index (χ1) is 11.2. The summed E-state index contributed by atoms with van der Waals surface area (Å²) in [5, 5.41) is 2.78. The van der Waals surface area contributed by atoms with E-state index in [-0.39, 0.29) is 36.7 Å². The number of imide groups is 1. The predicted molar refractivity (Wildman–Crippen MR) is 82.2 cm³/mol. The molecule has 1 N–H and O–H groups in total. The molecular formula is C15H18N4O4. The summed E-state index contributed by atoms with van der Waals surface area (Å²) < 4.78 is 5.22. The van der Waals surface area contributed by atoms with Crippen molar-refractivity contribution in [1.82, 2.24) is 10.2 Å². The Balaban J connectivity index is 1.54. The number of dihydropyridines is 1. The predicted octanol–water partition coefficient (Wildman–Crippen LogP) is 0.147. The van der Waals surface area contributed by atoms with E-state index in [1.807, 2.05) is 0 Å². The molecule has 1 unspecified atom stereocenters. The quantitative estimate of drug-likeness (QED) is 0.797. The smallest absolute Gasteiger partial charge is 0.352 e. The number of carbonyl (C=O) groups excluding carboxylic acids is 3. The van der Waals surface area contributed by atoms with Crippen molar-refractivity contribution >= 4 is 29.9 Å². The number of amides is 4. The highest BCUT2D eigenvalue weighted by molar-refractivity contribution is 6.19. The van der Waals surface area contributed by atoms with Gasteiger partial charge >= 0.3 is 6.03 Å². The molecule has 4 amide bonds. The number of hydrogen-bond donors (Lipinski definition) is 1. The Morgan fingerprint density at radius 1 is 1.35 bits per heavy atom. The van der Waals surface area contributed by atoms with Gasteiger partial charge in [-0.15, -0.1) is 0 Å². The van der Waals surface area contributed by atoms with Crippen LogP contribution in [0.4, 0.5) is 4.79 Å². The summed E-state index contributed by atoms with van der Waals surface area (Å²) in [6.45, 7) is 1.51. The van der Waals surface area contributed by atoms with Gasteiger partial charge in [0.1, 0.15) is 11.8 Å². The maximum absolute atomic E-state index is 12.3. The number of amidine groups is 1. The number of nitrogens with one attached hydrogen (secondary N) is 1. The van der Waals surface area contributed by atoms with E-state index in [4.69, 9.17) is 4.74 Å². The van der Waals surface area contributed by atoms with Crippen molar-refractivity contribution < 1.29 is 19.1 Å². The molecule has 0 saturated carbocycles. The minimum absolute atomic E-state index is 0.0586. The van der Waals surface area contributed by atoms with Crippen molar-refractivity contribution in [3.63, 3.8) is 0 Å². The highest BCUT2D eigenvalue weighted by Crippen LogP contribution is 2.18. The van der Waals surface area contributed by atoms with Gasteiger partial charge in [0.25, 0.3) is 0 Å². The van der Waals surface area contributed by atoms with E-state index in [0.717, 1.165) is 4.90 Å². The van der Waals surface area contributed by atoms with Gasteiger partial charge in [-0.1, -0.05) is 6.08 Å². The second-order valence-corrected chi connectivity index (χ2v) is 5.56. The van der Waals surface area contributed by atoms with Crippen LogP contribution in [0.5, 0.6) is 0 Å². The number of fused-ring (bicyclic) bond motifs is 1. The average Bonchev–Trinajstić information content (AvgIpc) is 2.58. The highest BCUT2D eigenvalue weighted by atomic mass is 16.5. The molecule has 8 heteroatoms. The first-order valence-corrected chi connectivity index (χ1v) is 7.67. The maximum Gasteiger partial charge on any atom is 0.352 e. The van der Waals surface area contributed by atoms with Crippen molar-refractivity contribution in [1.29, 1.82) is 0 Å². The molecule has 1 atom stereocenters. The van der Waals surface area contributed by atoms with E-state index < -0.39 is 11.9 Å². The molecular weight excluding hydrogens is 300 g/mol. The minimum Gasteiger partial charge on any atom is -0.381 e. The van der Waals surface area contributed by atoms with E-state index in [1.165, 1.54) is 6.21 Å². The number of carbonyl (C=O) groups is 3. The van der Waals surface area contributed by atoms with Gasteiger partial charge in [0.05, 0.1) is 0 Å². The lowest BCUT2D eigenvalue weighted by molar-refractivity contribution is -0.131. The van der Waals surface area contributed by atoms with E-state index in [1.54, 1.807) is 12.2 Å². The van der Waals surface area contributed by atoms with E-state index in [2.05, 4.69) is 15.3 Å². The number of rotatable bonds is 4. The third-order valence-electron chi connectivity index (χ3n) is 4.07. The molecule has 0 aliphatic carbocycles. The molecule has 8 nitrogen and oxygen atoms in total. The van der Waals surface area contributed by atoms with Crippen LogP contribution in [-0.2, 0) is 14.3 Å². The molecule has 23 heavy (non-hydrogen) atoms. The fourth-order valence-electron chi connectivity index (χ4n) is 2.76. The second kappa shape index (κ2) is 6.82. The third-order valence-corrected chi connectivity index (χ3v) is 4.07. The zero-order chi connectivity index (χ0) is 16.2. The van der Waals surface area contributed by atoms with Crippen LogP contribution in [0.15, 0.2) is 22.1 Å². The fraction of sp³-hybridized carbons (Fsp3) is 0.533. The van der Waals surface area contributed by atoms with Crippen LogP contribution in [0.25, 0.3) is 0 Å². The zero-order valence-electron chi connectivity index (χ0n) is 12.6. The van der Waals surface area contributed by atoms with Gasteiger partial charge in [0.2, 0.25) is 11.8 Å². The van der Waals surface area contributed by atoms with Crippen LogP contribution < -0.4 is 5.32 Å². The second-order valence-electron chi connectivity index (χ2n) is 5.56. The van der Waals surface area contributed by atoms with Crippen LogP contribution in [0.2, 0.25) is 0 Å². The summed E-state index contributed by atoms with van der Waals surface area (Å²) in [5.41, 5.74) is 0. The van der Waals surface area contributed by atoms with Crippen molar-refractivity contribution in [2.75, 3.05) is 26.3 Å². The van der Waals surface area contributed by atoms with Crippen molar-refractivity contribution in [3.8, 4) is 0 Å². The molecule has 0 radical (unpaired) electrons. The monoisotopic (exact) mass is 318 g/mol. The number of hydrogen-bond acceptors (Lipinski definition) is 5. The highest BCUT2D eigenvalue weighted by Gasteiger charge is 2.36. The average molecular weight is 318 g/mol. The molecule has 3 aliphatic heterocycles. The SMILES string of the molecule is O=C(NCCN1C(=O)N=C2N=CC=CC2C1=O)C1CCOCC1. The van der Waals surface area contributed by atoms with Gasteiger partial charge in [0.15, 0.2) is 0 Å². The molecule has 122 valence electrons. The summed E-state index contributed by atoms with van der Waals surface area (Å²) in [7, 11) is 0. The largest absolute Gasteiger partial charge is 0.381 e. The molecule has 3 rings (SSSR count). The first-order valence-electron chi connectivity index (χ1n) is 7.67. The summed E-state index contributed by atoms with van der Waals surface area (Å²) >= 11 is 0. The van der Waals surface area contributed by atoms with Gasteiger partial charge in [-0.3, -0.25) is 14.5 Å². The lowest BCUT2D eigenvalue weighted by atomic mass is 9.99. The summed E-state index contributed by atoms with van der Waals surface area (Å²) in [6, 6.07) is -0.631. The van der Waals surface area contributed by atoms with Crippen LogP contribution in [0, 0.1) is 11.8 Å². The lowest BCUT2D eigenvalue weighted by Gasteiger charge is -2.28. The number of nitrogens with zero attached hydrogens (tertiary/aromatic N) is 3. The molecule has 0 aromatic carbocycles. The molecule has 3 aliphatic rings. The molecule has 1 saturated heterocycles. The molecule has 0 bridgehead atoms. The normalized spacial score (nSPS) is 24.4. The van der Waals surface area contributed by atoms with Gasteiger partial charge in [-0.2, -0.15) is 4.99 Å². The first kappa shape index (κ1) is 15.5.